The maximum absolute atomic E-state index is 13.0. The Hall–Kier alpha value is -1.74. The number of hydrogen-bond donors (Lipinski definition) is 1. The number of hydrogen-bond acceptors (Lipinski definition) is 5. The Labute approximate surface area is 153 Å². The second kappa shape index (κ2) is 7.48. The van der Waals surface area contributed by atoms with E-state index in [0.717, 1.165) is 18.5 Å². The van der Waals surface area contributed by atoms with Crippen molar-refractivity contribution in [2.75, 3.05) is 25.9 Å². The van der Waals surface area contributed by atoms with Crippen LogP contribution in [0.25, 0.3) is 0 Å². The molecule has 3 heterocycles. The molecule has 3 rings (SSSR count). The van der Waals surface area contributed by atoms with Gasteiger partial charge in [0.2, 0.25) is 15.9 Å². The maximum atomic E-state index is 13.0. The number of H-pyrrole nitrogens is 1. The molecule has 2 aliphatic rings. The molecule has 2 fully saturated rings. The first-order valence-corrected chi connectivity index (χ1v) is 11.0. The highest BCUT2D eigenvalue weighted by Crippen LogP contribution is 2.33. The first kappa shape index (κ1) is 19.0. The number of sulfonamides is 1. The minimum atomic E-state index is -3.20. The van der Waals surface area contributed by atoms with Crippen LogP contribution in [0.4, 0.5) is 0 Å². The van der Waals surface area contributed by atoms with E-state index in [4.69, 9.17) is 0 Å². The Morgan fingerprint density at radius 2 is 1.96 bits per heavy atom. The lowest BCUT2D eigenvalue weighted by molar-refractivity contribution is -0.137. The zero-order valence-corrected chi connectivity index (χ0v) is 16.1. The highest BCUT2D eigenvalue weighted by Gasteiger charge is 2.37. The molecule has 1 aromatic heterocycles. The average molecular weight is 382 g/mol. The zero-order valence-electron chi connectivity index (χ0n) is 15.3. The third-order valence-electron chi connectivity index (χ3n) is 5.30. The van der Waals surface area contributed by atoms with Crippen LogP contribution in [0.1, 0.15) is 50.2 Å². The number of nitrogens with zero attached hydrogens (tertiary/aromatic N) is 3. The molecule has 0 radical (unpaired) electrons. The van der Waals surface area contributed by atoms with Crippen LogP contribution in [0, 0.1) is 5.92 Å². The molecule has 0 unspecified atom stereocenters. The molecule has 1 atom stereocenters. The predicted octanol–water partition coefficient (Wildman–Crippen LogP) is 0.667. The second-order valence-corrected chi connectivity index (χ2v) is 9.08. The Bertz CT molecular complexity index is 827. The summed E-state index contributed by atoms with van der Waals surface area (Å²) in [5.74, 6) is 0.439. The fourth-order valence-electron chi connectivity index (χ4n) is 3.85. The van der Waals surface area contributed by atoms with E-state index >= 15 is 0 Å². The van der Waals surface area contributed by atoms with Crippen LogP contribution in [0.15, 0.2) is 10.9 Å². The maximum Gasteiger partial charge on any atom is 0.251 e. The van der Waals surface area contributed by atoms with Gasteiger partial charge in [0.15, 0.2) is 0 Å². The van der Waals surface area contributed by atoms with Gasteiger partial charge in [0.1, 0.15) is 5.82 Å². The number of aryl methyl sites for hydroxylation is 1. The third kappa shape index (κ3) is 3.98. The third-order valence-corrected chi connectivity index (χ3v) is 6.60. The predicted molar refractivity (Wildman–Crippen MR) is 97.1 cm³/mol. The summed E-state index contributed by atoms with van der Waals surface area (Å²) in [7, 11) is -3.20. The van der Waals surface area contributed by atoms with Gasteiger partial charge in [-0.15, -0.1) is 0 Å². The monoisotopic (exact) mass is 382 g/mol. The summed E-state index contributed by atoms with van der Waals surface area (Å²) < 4.78 is 24.7. The number of aromatic amines is 1. The molecule has 0 aromatic carbocycles. The van der Waals surface area contributed by atoms with Crippen molar-refractivity contribution < 1.29 is 13.2 Å². The van der Waals surface area contributed by atoms with Gasteiger partial charge in [0.25, 0.3) is 5.56 Å². The van der Waals surface area contributed by atoms with Gasteiger partial charge in [0, 0.05) is 37.3 Å². The lowest BCUT2D eigenvalue weighted by Gasteiger charge is -2.33. The first-order valence-electron chi connectivity index (χ1n) is 9.15. The van der Waals surface area contributed by atoms with E-state index < -0.39 is 10.0 Å². The van der Waals surface area contributed by atoms with Crippen LogP contribution >= 0.6 is 0 Å². The summed E-state index contributed by atoms with van der Waals surface area (Å²) in [4.78, 5) is 34.0. The molecule has 144 valence electrons. The van der Waals surface area contributed by atoms with Crippen LogP contribution < -0.4 is 5.56 Å². The number of piperidine rings is 1. The number of likely N-dealkylation sites (tertiary alicyclic amines) is 1. The van der Waals surface area contributed by atoms with Crippen LogP contribution in [-0.4, -0.2) is 59.4 Å². The Balaban J connectivity index is 1.73. The first-order chi connectivity index (χ1) is 12.3. The van der Waals surface area contributed by atoms with E-state index in [1.807, 2.05) is 11.8 Å². The molecule has 0 bridgehead atoms. The van der Waals surface area contributed by atoms with Gasteiger partial charge in [-0.2, -0.15) is 0 Å². The molecule has 2 aliphatic heterocycles. The summed E-state index contributed by atoms with van der Waals surface area (Å²) in [6.07, 6.45) is 4.60. The van der Waals surface area contributed by atoms with Crippen LogP contribution in [-0.2, 0) is 21.2 Å². The fraction of sp³-hybridized carbons (Fsp3) is 0.706. The van der Waals surface area contributed by atoms with Crippen molar-refractivity contribution in [1.82, 2.24) is 19.2 Å². The second-order valence-electron chi connectivity index (χ2n) is 7.10. The van der Waals surface area contributed by atoms with Gasteiger partial charge in [-0.25, -0.2) is 17.7 Å². The zero-order chi connectivity index (χ0) is 18.9. The highest BCUT2D eigenvalue weighted by molar-refractivity contribution is 7.88. The number of nitrogens with one attached hydrogen (secondary N) is 1. The number of amides is 1. The van der Waals surface area contributed by atoms with Gasteiger partial charge < -0.3 is 9.88 Å². The molecule has 1 N–H and O–H groups in total. The molecular weight excluding hydrogens is 356 g/mol. The minimum absolute atomic E-state index is 0.0465. The molecule has 0 aliphatic carbocycles. The smallest absolute Gasteiger partial charge is 0.251 e. The van der Waals surface area contributed by atoms with E-state index in [-0.39, 0.29) is 23.4 Å². The summed E-state index contributed by atoms with van der Waals surface area (Å²) in [6.45, 7) is 3.36. The summed E-state index contributed by atoms with van der Waals surface area (Å²) in [5.41, 5.74) is 0.539. The molecule has 2 saturated heterocycles. The quantitative estimate of drug-likeness (QED) is 0.824. The van der Waals surface area contributed by atoms with E-state index in [0.29, 0.717) is 44.7 Å². The largest absolute Gasteiger partial charge is 0.332 e. The number of aromatic nitrogens is 2. The van der Waals surface area contributed by atoms with Gasteiger partial charge in [-0.1, -0.05) is 6.92 Å². The average Bonchev–Trinajstić information content (AvgIpc) is 3.09. The Kier molecular flexibility index (Phi) is 5.47. The molecule has 0 saturated carbocycles. The summed E-state index contributed by atoms with van der Waals surface area (Å²) >= 11 is 0. The summed E-state index contributed by atoms with van der Waals surface area (Å²) in [5, 5.41) is 0. The molecule has 1 aromatic rings. The highest BCUT2D eigenvalue weighted by atomic mass is 32.2. The van der Waals surface area contributed by atoms with Gasteiger partial charge in [0.05, 0.1) is 12.3 Å². The van der Waals surface area contributed by atoms with E-state index in [2.05, 4.69) is 9.97 Å². The van der Waals surface area contributed by atoms with Crippen molar-refractivity contribution >= 4 is 15.9 Å². The number of carbonyl (C=O) groups excluding carboxylic acids is 1. The van der Waals surface area contributed by atoms with Gasteiger partial charge in [-0.3, -0.25) is 9.59 Å². The van der Waals surface area contributed by atoms with Crippen molar-refractivity contribution in [3.8, 4) is 0 Å². The van der Waals surface area contributed by atoms with Crippen molar-refractivity contribution in [2.24, 2.45) is 5.92 Å². The van der Waals surface area contributed by atoms with Crippen LogP contribution in [0.2, 0.25) is 0 Å². The molecule has 26 heavy (non-hydrogen) atoms. The van der Waals surface area contributed by atoms with Gasteiger partial charge in [-0.05, 0) is 32.1 Å². The molecule has 0 spiro atoms. The normalized spacial score (nSPS) is 22.7. The van der Waals surface area contributed by atoms with E-state index in [1.165, 1.54) is 16.6 Å². The standard InChI is InChI=1S/C17H26N4O4S/c1-3-13-11-15(22)19-16(18-13)14-5-4-8-21(14)17(23)12-6-9-20(10-7-12)26(2,24)25/h11-12,14H,3-10H2,1-2H3,(H,18,19,22)/t14-/m1/s1. The van der Waals surface area contributed by atoms with Crippen molar-refractivity contribution in [3.63, 3.8) is 0 Å². The summed E-state index contributed by atoms with van der Waals surface area (Å²) in [6, 6.07) is 1.29. The number of rotatable bonds is 4. The fourth-order valence-corrected chi connectivity index (χ4v) is 4.73. The molecule has 9 heteroatoms. The SMILES string of the molecule is CCc1cc(=O)[nH]c([C@H]2CCCN2C(=O)C2CCN(S(C)(=O)=O)CC2)n1. The van der Waals surface area contributed by atoms with Crippen molar-refractivity contribution in [1.29, 1.82) is 0 Å². The molecule has 1 amide bonds. The lowest BCUT2D eigenvalue weighted by atomic mass is 9.96. The van der Waals surface area contributed by atoms with E-state index in [9.17, 15) is 18.0 Å². The van der Waals surface area contributed by atoms with Crippen molar-refractivity contribution in [2.45, 2.75) is 45.1 Å². The minimum Gasteiger partial charge on any atom is -0.332 e. The van der Waals surface area contributed by atoms with Crippen LogP contribution in [0.3, 0.4) is 0 Å². The Morgan fingerprint density at radius 3 is 2.58 bits per heavy atom. The number of carbonyl (C=O) groups is 1. The van der Waals surface area contributed by atoms with Crippen molar-refractivity contribution in [3.05, 3.63) is 27.9 Å². The Morgan fingerprint density at radius 1 is 1.27 bits per heavy atom. The molecular formula is C17H26N4O4S. The van der Waals surface area contributed by atoms with Crippen LogP contribution in [0.5, 0.6) is 0 Å². The topological polar surface area (TPSA) is 103 Å². The van der Waals surface area contributed by atoms with Gasteiger partial charge >= 0.3 is 0 Å². The van der Waals surface area contributed by atoms with E-state index in [1.54, 1.807) is 0 Å². The lowest BCUT2D eigenvalue weighted by Crippen LogP contribution is -2.44. The molecule has 8 nitrogen and oxygen atoms in total.